The molecule has 1 amide bonds. The van der Waals surface area contributed by atoms with Crippen LogP contribution in [0.3, 0.4) is 0 Å². The lowest BCUT2D eigenvalue weighted by Gasteiger charge is -2.03. The van der Waals surface area contributed by atoms with Gasteiger partial charge in [0.05, 0.1) is 6.26 Å². The Morgan fingerprint density at radius 1 is 1.44 bits per heavy atom. The van der Waals surface area contributed by atoms with Crippen molar-refractivity contribution in [3.05, 3.63) is 46.5 Å². The van der Waals surface area contributed by atoms with Gasteiger partial charge in [0.2, 0.25) is 5.91 Å². The number of nitrogens with one attached hydrogen (secondary N) is 1. The third-order valence-electron chi connectivity index (χ3n) is 3.29. The first-order valence-electron chi connectivity index (χ1n) is 6.18. The zero-order valence-corrected chi connectivity index (χ0v) is 10.8. The van der Waals surface area contributed by atoms with Gasteiger partial charge in [0, 0.05) is 23.3 Å². The van der Waals surface area contributed by atoms with Gasteiger partial charge in [-0.3, -0.25) is 4.79 Å². The molecule has 2 heterocycles. The maximum atomic E-state index is 11.9. The summed E-state index contributed by atoms with van der Waals surface area (Å²) in [4.78, 5) is 13.2. The molecular weight excluding hydrogens is 246 g/mol. The minimum Gasteiger partial charge on any atom is -0.469 e. The van der Waals surface area contributed by atoms with Crippen LogP contribution in [-0.4, -0.2) is 12.5 Å². The van der Waals surface area contributed by atoms with Crippen LogP contribution < -0.4 is 5.32 Å². The van der Waals surface area contributed by atoms with Crippen molar-refractivity contribution in [2.75, 3.05) is 6.54 Å². The number of carbonyl (C=O) groups excluding carboxylic acids is 1. The number of carbonyl (C=O) groups is 1. The normalized spacial score (nSPS) is 21.8. The Morgan fingerprint density at radius 3 is 3.11 bits per heavy atom. The molecule has 1 aliphatic rings. The fourth-order valence-electron chi connectivity index (χ4n) is 2.20. The standard InChI is InChI=1S/C14H15NO2S/c16-14(15-6-5-10-3-2-8-18-10)12-9-11(12)13-4-1-7-17-13/h1-4,7-8,11-12H,5-6,9H2,(H,15,16). The molecule has 0 saturated heterocycles. The van der Waals surface area contributed by atoms with Gasteiger partial charge in [0.15, 0.2) is 0 Å². The molecule has 0 bridgehead atoms. The second-order valence-electron chi connectivity index (χ2n) is 4.58. The van der Waals surface area contributed by atoms with E-state index >= 15 is 0 Å². The van der Waals surface area contributed by atoms with Crippen LogP contribution in [0.2, 0.25) is 0 Å². The van der Waals surface area contributed by atoms with Gasteiger partial charge in [0.25, 0.3) is 0 Å². The Kier molecular flexibility index (Phi) is 3.19. The Morgan fingerprint density at radius 2 is 2.39 bits per heavy atom. The van der Waals surface area contributed by atoms with Gasteiger partial charge >= 0.3 is 0 Å². The lowest BCUT2D eigenvalue weighted by Crippen LogP contribution is -2.27. The van der Waals surface area contributed by atoms with Crippen LogP contribution in [0.4, 0.5) is 0 Å². The Labute approximate surface area is 110 Å². The summed E-state index contributed by atoms with van der Waals surface area (Å²) in [6, 6.07) is 7.96. The van der Waals surface area contributed by atoms with Crippen LogP contribution in [-0.2, 0) is 11.2 Å². The van der Waals surface area contributed by atoms with Gasteiger partial charge in [-0.2, -0.15) is 0 Å². The average Bonchev–Trinajstić information content (AvgIpc) is 2.84. The third-order valence-corrected chi connectivity index (χ3v) is 4.22. The van der Waals surface area contributed by atoms with Crippen LogP contribution in [0.1, 0.15) is 23.0 Å². The molecule has 0 radical (unpaired) electrons. The molecule has 1 N–H and O–H groups in total. The smallest absolute Gasteiger partial charge is 0.223 e. The van der Waals surface area contributed by atoms with E-state index in [-0.39, 0.29) is 11.8 Å². The van der Waals surface area contributed by atoms with E-state index in [1.54, 1.807) is 17.6 Å². The summed E-state index contributed by atoms with van der Waals surface area (Å²) < 4.78 is 5.32. The number of furan rings is 1. The molecule has 2 unspecified atom stereocenters. The summed E-state index contributed by atoms with van der Waals surface area (Å²) in [6.07, 6.45) is 3.50. The quantitative estimate of drug-likeness (QED) is 0.899. The second kappa shape index (κ2) is 4.98. The molecule has 3 rings (SSSR count). The first-order valence-corrected chi connectivity index (χ1v) is 7.06. The molecule has 94 valence electrons. The first-order chi connectivity index (χ1) is 8.84. The summed E-state index contributed by atoms with van der Waals surface area (Å²) in [5, 5.41) is 5.06. The molecule has 2 aromatic heterocycles. The molecule has 1 fully saturated rings. The highest BCUT2D eigenvalue weighted by Gasteiger charge is 2.45. The molecule has 1 aliphatic carbocycles. The monoisotopic (exact) mass is 261 g/mol. The van der Waals surface area contributed by atoms with Crippen LogP contribution in [0, 0.1) is 5.92 Å². The average molecular weight is 261 g/mol. The van der Waals surface area contributed by atoms with Gasteiger partial charge in [0.1, 0.15) is 5.76 Å². The predicted octanol–water partition coefficient (Wildman–Crippen LogP) is 2.80. The van der Waals surface area contributed by atoms with Gasteiger partial charge in [-0.05, 0) is 36.4 Å². The molecule has 0 spiro atoms. The molecular formula is C14H15NO2S. The lowest BCUT2D eigenvalue weighted by molar-refractivity contribution is -0.122. The van der Waals surface area contributed by atoms with Crippen LogP contribution in [0.15, 0.2) is 40.3 Å². The Bertz CT molecular complexity index is 504. The van der Waals surface area contributed by atoms with Crippen LogP contribution >= 0.6 is 11.3 Å². The number of hydrogen-bond donors (Lipinski definition) is 1. The minimum atomic E-state index is 0.111. The van der Waals surface area contributed by atoms with Crippen molar-refractivity contribution in [1.29, 1.82) is 0 Å². The van der Waals surface area contributed by atoms with Crippen molar-refractivity contribution in [3.63, 3.8) is 0 Å². The number of hydrogen-bond acceptors (Lipinski definition) is 3. The minimum absolute atomic E-state index is 0.111. The Hall–Kier alpha value is -1.55. The summed E-state index contributed by atoms with van der Waals surface area (Å²) in [6.45, 7) is 0.723. The van der Waals surface area contributed by atoms with E-state index in [0.29, 0.717) is 5.92 Å². The van der Waals surface area contributed by atoms with Crippen molar-refractivity contribution in [2.45, 2.75) is 18.8 Å². The van der Waals surface area contributed by atoms with Crippen molar-refractivity contribution >= 4 is 17.2 Å². The number of amides is 1. The first kappa shape index (κ1) is 11.5. The van der Waals surface area contributed by atoms with E-state index in [0.717, 1.165) is 25.1 Å². The van der Waals surface area contributed by atoms with Crippen molar-refractivity contribution in [1.82, 2.24) is 5.32 Å². The van der Waals surface area contributed by atoms with Crippen LogP contribution in [0.25, 0.3) is 0 Å². The lowest BCUT2D eigenvalue weighted by atomic mass is 10.2. The molecule has 0 aliphatic heterocycles. The molecule has 0 aromatic carbocycles. The van der Waals surface area contributed by atoms with Gasteiger partial charge in [-0.15, -0.1) is 11.3 Å². The summed E-state index contributed by atoms with van der Waals surface area (Å²) in [5.74, 6) is 1.50. The van der Waals surface area contributed by atoms with Crippen molar-refractivity contribution in [3.8, 4) is 0 Å². The van der Waals surface area contributed by atoms with E-state index in [9.17, 15) is 4.79 Å². The molecule has 18 heavy (non-hydrogen) atoms. The fourth-order valence-corrected chi connectivity index (χ4v) is 2.91. The molecule has 3 nitrogen and oxygen atoms in total. The molecule has 1 saturated carbocycles. The summed E-state index contributed by atoms with van der Waals surface area (Å²) >= 11 is 1.73. The maximum Gasteiger partial charge on any atom is 0.223 e. The van der Waals surface area contributed by atoms with E-state index in [4.69, 9.17) is 4.42 Å². The van der Waals surface area contributed by atoms with Crippen LogP contribution in [0.5, 0.6) is 0 Å². The van der Waals surface area contributed by atoms with Gasteiger partial charge in [-0.25, -0.2) is 0 Å². The van der Waals surface area contributed by atoms with Gasteiger partial charge in [-0.1, -0.05) is 6.07 Å². The topological polar surface area (TPSA) is 42.2 Å². The maximum absolute atomic E-state index is 11.9. The Balaban J connectivity index is 1.43. The number of thiophene rings is 1. The van der Waals surface area contributed by atoms with E-state index in [2.05, 4.69) is 16.8 Å². The van der Waals surface area contributed by atoms with E-state index in [1.807, 2.05) is 18.2 Å². The predicted molar refractivity (Wildman–Crippen MR) is 70.6 cm³/mol. The summed E-state index contributed by atoms with van der Waals surface area (Å²) in [5.41, 5.74) is 0. The highest BCUT2D eigenvalue weighted by atomic mass is 32.1. The second-order valence-corrected chi connectivity index (χ2v) is 5.62. The number of rotatable bonds is 5. The molecule has 2 atom stereocenters. The van der Waals surface area contributed by atoms with E-state index < -0.39 is 0 Å². The zero-order valence-electron chi connectivity index (χ0n) is 9.96. The summed E-state index contributed by atoms with van der Waals surface area (Å²) in [7, 11) is 0. The van der Waals surface area contributed by atoms with Gasteiger partial charge < -0.3 is 9.73 Å². The largest absolute Gasteiger partial charge is 0.469 e. The highest BCUT2D eigenvalue weighted by molar-refractivity contribution is 7.09. The highest BCUT2D eigenvalue weighted by Crippen LogP contribution is 2.47. The zero-order chi connectivity index (χ0) is 12.4. The third kappa shape index (κ3) is 2.48. The van der Waals surface area contributed by atoms with Crippen molar-refractivity contribution < 1.29 is 9.21 Å². The van der Waals surface area contributed by atoms with Crippen molar-refractivity contribution in [2.24, 2.45) is 5.92 Å². The fraction of sp³-hybridized carbons (Fsp3) is 0.357. The SMILES string of the molecule is O=C(NCCc1cccs1)C1CC1c1ccco1. The van der Waals surface area contributed by atoms with E-state index in [1.165, 1.54) is 4.88 Å². The molecule has 4 heteroatoms. The molecule has 2 aromatic rings.